The van der Waals surface area contributed by atoms with Gasteiger partial charge in [-0.15, -0.1) is 0 Å². The van der Waals surface area contributed by atoms with E-state index in [1.54, 1.807) is 0 Å². The van der Waals surface area contributed by atoms with Crippen LogP contribution in [-0.2, 0) is 4.74 Å². The van der Waals surface area contributed by atoms with E-state index in [4.69, 9.17) is 16.3 Å². The van der Waals surface area contributed by atoms with Crippen molar-refractivity contribution in [2.75, 3.05) is 6.61 Å². The fourth-order valence-electron chi connectivity index (χ4n) is 1.79. The van der Waals surface area contributed by atoms with Crippen molar-refractivity contribution in [3.63, 3.8) is 0 Å². The van der Waals surface area contributed by atoms with Crippen LogP contribution in [0.25, 0.3) is 0 Å². The molecule has 0 radical (unpaired) electrons. The Labute approximate surface area is 140 Å². The lowest BCUT2D eigenvalue weighted by Crippen LogP contribution is -2.14. The van der Waals surface area contributed by atoms with Crippen molar-refractivity contribution in [3.05, 3.63) is 58.6 Å². The number of rotatable bonds is 6. The summed E-state index contributed by atoms with van der Waals surface area (Å²) in [6.07, 6.45) is 0. The van der Waals surface area contributed by atoms with Crippen molar-refractivity contribution in [1.82, 2.24) is 0 Å². The molecule has 126 valence electrons. The van der Waals surface area contributed by atoms with Crippen LogP contribution < -0.4 is 4.74 Å². The summed E-state index contributed by atoms with van der Waals surface area (Å²) in [6, 6.07) is 8.76. The van der Waals surface area contributed by atoms with E-state index in [1.165, 1.54) is 42.5 Å². The maximum absolute atomic E-state index is 12.0. The van der Waals surface area contributed by atoms with Gasteiger partial charge in [-0.1, -0.05) is 11.6 Å². The molecule has 8 heteroatoms. The van der Waals surface area contributed by atoms with Crippen molar-refractivity contribution >= 4 is 23.4 Å². The second kappa shape index (κ2) is 7.74. The molecular formula is C16H11ClF2O5. The number of phenolic OH excluding ortho intramolecular Hbond substituents is 1. The number of phenols is 1. The Morgan fingerprint density at radius 1 is 1.12 bits per heavy atom. The van der Waals surface area contributed by atoms with E-state index in [1.807, 2.05) is 0 Å². The largest absolute Gasteiger partial charge is 0.507 e. The van der Waals surface area contributed by atoms with E-state index in [0.29, 0.717) is 0 Å². The fourth-order valence-corrected chi connectivity index (χ4v) is 1.96. The summed E-state index contributed by atoms with van der Waals surface area (Å²) in [6.45, 7) is -3.54. The molecule has 0 aliphatic rings. The number of hydrogen-bond acceptors (Lipinski definition) is 5. The summed E-state index contributed by atoms with van der Waals surface area (Å²) in [5.41, 5.74) is -0.0179. The van der Waals surface area contributed by atoms with Gasteiger partial charge in [0.15, 0.2) is 12.4 Å². The topological polar surface area (TPSA) is 72.8 Å². The van der Waals surface area contributed by atoms with Gasteiger partial charge in [0.05, 0.1) is 0 Å². The van der Waals surface area contributed by atoms with Crippen LogP contribution in [-0.4, -0.2) is 30.1 Å². The SMILES string of the molecule is O=C(COC(=O)c1cc(Cl)ccc1O)c1ccc(OC(F)F)cc1. The molecule has 24 heavy (non-hydrogen) atoms. The first-order chi connectivity index (χ1) is 11.4. The molecule has 0 heterocycles. The maximum atomic E-state index is 12.0. The van der Waals surface area contributed by atoms with Crippen LogP contribution in [0.3, 0.4) is 0 Å². The lowest BCUT2D eigenvalue weighted by atomic mass is 10.1. The highest BCUT2D eigenvalue weighted by atomic mass is 35.5. The van der Waals surface area contributed by atoms with Crippen molar-refractivity contribution in [3.8, 4) is 11.5 Å². The molecule has 5 nitrogen and oxygen atoms in total. The monoisotopic (exact) mass is 356 g/mol. The Balaban J connectivity index is 1.97. The van der Waals surface area contributed by atoms with E-state index in [2.05, 4.69) is 4.74 Å². The average molecular weight is 357 g/mol. The van der Waals surface area contributed by atoms with Crippen molar-refractivity contribution in [2.45, 2.75) is 6.61 Å². The van der Waals surface area contributed by atoms with Gasteiger partial charge in [0, 0.05) is 10.6 Å². The standard InChI is InChI=1S/C16H11ClF2O5/c17-10-3-6-13(20)12(7-10)15(22)23-8-14(21)9-1-4-11(5-2-9)24-16(18)19/h1-7,16,20H,8H2. The quantitative estimate of drug-likeness (QED) is 0.631. The summed E-state index contributed by atoms with van der Waals surface area (Å²) in [5, 5.41) is 9.79. The zero-order valence-electron chi connectivity index (χ0n) is 12.0. The zero-order valence-corrected chi connectivity index (χ0v) is 12.8. The molecular weight excluding hydrogens is 346 g/mol. The molecule has 0 amide bonds. The Bertz CT molecular complexity index is 747. The van der Waals surface area contributed by atoms with Crippen molar-refractivity contribution < 1.29 is 33.0 Å². The molecule has 2 aromatic rings. The molecule has 0 atom stereocenters. The van der Waals surface area contributed by atoms with E-state index >= 15 is 0 Å². The van der Waals surface area contributed by atoms with Crippen LogP contribution in [0.5, 0.6) is 11.5 Å². The number of alkyl halides is 2. The van der Waals surface area contributed by atoms with E-state index in [0.717, 1.165) is 0 Å². The molecule has 0 aliphatic carbocycles. The molecule has 1 N–H and O–H groups in total. The maximum Gasteiger partial charge on any atom is 0.387 e. The van der Waals surface area contributed by atoms with Gasteiger partial charge in [-0.3, -0.25) is 4.79 Å². The predicted molar refractivity (Wildman–Crippen MR) is 80.8 cm³/mol. The smallest absolute Gasteiger partial charge is 0.387 e. The number of carbonyl (C=O) groups excluding carboxylic acids is 2. The molecule has 0 bridgehead atoms. The minimum absolute atomic E-state index is 0.0950. The van der Waals surface area contributed by atoms with E-state index in [-0.39, 0.29) is 27.6 Å². The Morgan fingerprint density at radius 3 is 2.42 bits per heavy atom. The summed E-state index contributed by atoms with van der Waals surface area (Å²) in [7, 11) is 0. The van der Waals surface area contributed by atoms with Gasteiger partial charge >= 0.3 is 12.6 Å². The number of benzene rings is 2. The summed E-state index contributed by atoms with van der Waals surface area (Å²) >= 11 is 5.72. The third-order valence-corrected chi connectivity index (χ3v) is 3.15. The number of ether oxygens (including phenoxy) is 2. The van der Waals surface area contributed by atoms with Gasteiger partial charge in [0.25, 0.3) is 0 Å². The number of hydrogen-bond donors (Lipinski definition) is 1. The molecule has 0 fully saturated rings. The number of ketones is 1. The van der Waals surface area contributed by atoms with Crippen LogP contribution in [0.1, 0.15) is 20.7 Å². The van der Waals surface area contributed by atoms with Crippen LogP contribution in [0.15, 0.2) is 42.5 Å². The minimum Gasteiger partial charge on any atom is -0.507 e. The number of Topliss-reactive ketones (excluding diaryl/α,β-unsaturated/α-hetero) is 1. The molecule has 2 aromatic carbocycles. The van der Waals surface area contributed by atoms with Crippen LogP contribution in [0.4, 0.5) is 8.78 Å². The van der Waals surface area contributed by atoms with Crippen LogP contribution in [0, 0.1) is 0 Å². The summed E-state index contributed by atoms with van der Waals surface area (Å²) < 4.78 is 33.0. The first-order valence-corrected chi connectivity index (χ1v) is 6.98. The fraction of sp³-hybridized carbons (Fsp3) is 0.125. The van der Waals surface area contributed by atoms with E-state index < -0.39 is 25.0 Å². The highest BCUT2D eigenvalue weighted by Gasteiger charge is 2.16. The van der Waals surface area contributed by atoms with Gasteiger partial charge in [0.1, 0.15) is 17.1 Å². The third-order valence-electron chi connectivity index (χ3n) is 2.91. The van der Waals surface area contributed by atoms with Crippen molar-refractivity contribution in [1.29, 1.82) is 0 Å². The average Bonchev–Trinajstić information content (AvgIpc) is 2.54. The molecule has 0 saturated carbocycles. The normalized spacial score (nSPS) is 10.5. The summed E-state index contributed by atoms with van der Waals surface area (Å²) in [4.78, 5) is 23.7. The predicted octanol–water partition coefficient (Wildman–Crippen LogP) is 3.69. The Morgan fingerprint density at radius 2 is 1.79 bits per heavy atom. The Kier molecular flexibility index (Phi) is 5.70. The minimum atomic E-state index is -2.96. The third kappa shape index (κ3) is 4.66. The number of esters is 1. The summed E-state index contributed by atoms with van der Waals surface area (Å²) in [5.74, 6) is -1.89. The lowest BCUT2D eigenvalue weighted by molar-refractivity contribution is -0.0498. The molecule has 0 saturated heterocycles. The highest BCUT2D eigenvalue weighted by molar-refractivity contribution is 6.31. The Hall–Kier alpha value is -2.67. The van der Waals surface area contributed by atoms with Gasteiger partial charge < -0.3 is 14.6 Å². The second-order valence-electron chi connectivity index (χ2n) is 4.56. The lowest BCUT2D eigenvalue weighted by Gasteiger charge is -2.07. The van der Waals surface area contributed by atoms with E-state index in [9.17, 15) is 23.5 Å². The molecule has 0 spiro atoms. The molecule has 0 unspecified atom stereocenters. The number of halogens is 3. The first-order valence-electron chi connectivity index (χ1n) is 6.60. The van der Waals surface area contributed by atoms with Gasteiger partial charge in [0.2, 0.25) is 0 Å². The molecule has 0 aromatic heterocycles. The van der Waals surface area contributed by atoms with Crippen LogP contribution in [0.2, 0.25) is 5.02 Å². The van der Waals surface area contributed by atoms with Gasteiger partial charge in [-0.2, -0.15) is 8.78 Å². The zero-order chi connectivity index (χ0) is 17.7. The highest BCUT2D eigenvalue weighted by Crippen LogP contribution is 2.22. The second-order valence-corrected chi connectivity index (χ2v) is 5.00. The van der Waals surface area contributed by atoms with Crippen molar-refractivity contribution in [2.24, 2.45) is 0 Å². The number of aromatic hydroxyl groups is 1. The first kappa shape index (κ1) is 17.7. The van der Waals surface area contributed by atoms with Gasteiger partial charge in [-0.25, -0.2) is 4.79 Å². The molecule has 2 rings (SSSR count). The number of carbonyl (C=O) groups is 2. The van der Waals surface area contributed by atoms with Crippen LogP contribution >= 0.6 is 11.6 Å². The molecule has 0 aliphatic heterocycles. The van der Waals surface area contributed by atoms with Gasteiger partial charge in [-0.05, 0) is 42.5 Å².